The predicted molar refractivity (Wildman–Crippen MR) is 73.5 cm³/mol. The van der Waals surface area contributed by atoms with Gasteiger partial charge in [-0.1, -0.05) is 12.1 Å². The van der Waals surface area contributed by atoms with Crippen LogP contribution in [0, 0.1) is 0 Å². The van der Waals surface area contributed by atoms with Gasteiger partial charge in [-0.05, 0) is 30.5 Å². The van der Waals surface area contributed by atoms with Crippen LogP contribution in [0.2, 0.25) is 0 Å². The molecule has 1 fully saturated rings. The van der Waals surface area contributed by atoms with Gasteiger partial charge < -0.3 is 11.1 Å². The van der Waals surface area contributed by atoms with E-state index >= 15 is 0 Å². The molecule has 1 aliphatic rings. The molecular formula is C14H18N4. The molecule has 1 saturated carbocycles. The van der Waals surface area contributed by atoms with Crippen molar-refractivity contribution in [1.29, 1.82) is 0 Å². The summed E-state index contributed by atoms with van der Waals surface area (Å²) in [7, 11) is 1.93. The van der Waals surface area contributed by atoms with Crippen LogP contribution in [0.5, 0.6) is 0 Å². The Kier molecular flexibility index (Phi) is 2.51. The number of aryl methyl sites for hydroxylation is 1. The summed E-state index contributed by atoms with van der Waals surface area (Å²) < 4.78 is 1.81. The minimum Gasteiger partial charge on any atom is -0.399 e. The third-order valence-corrected chi connectivity index (χ3v) is 3.70. The smallest absolute Gasteiger partial charge is 0.148 e. The van der Waals surface area contributed by atoms with Crippen molar-refractivity contribution < 1.29 is 0 Å². The Morgan fingerprint density at radius 2 is 2.00 bits per heavy atom. The molecule has 0 atom stereocenters. The highest BCUT2D eigenvalue weighted by Gasteiger charge is 2.43. The molecule has 2 aromatic rings. The molecule has 0 amide bonds. The van der Waals surface area contributed by atoms with Crippen molar-refractivity contribution in [3.63, 3.8) is 0 Å². The average molecular weight is 242 g/mol. The lowest BCUT2D eigenvalue weighted by Gasteiger charge is -2.16. The van der Waals surface area contributed by atoms with Crippen LogP contribution in [-0.4, -0.2) is 16.3 Å². The minimum absolute atomic E-state index is 0.283. The number of anilines is 2. The topological polar surface area (TPSA) is 55.9 Å². The highest BCUT2D eigenvalue weighted by Crippen LogP contribution is 2.48. The average Bonchev–Trinajstić information content (AvgIpc) is 3.05. The van der Waals surface area contributed by atoms with Crippen LogP contribution in [-0.2, 0) is 12.5 Å². The lowest BCUT2D eigenvalue weighted by Crippen LogP contribution is -2.19. The van der Waals surface area contributed by atoms with E-state index < -0.39 is 0 Å². The van der Waals surface area contributed by atoms with Gasteiger partial charge in [0.15, 0.2) is 0 Å². The maximum absolute atomic E-state index is 5.73. The molecule has 18 heavy (non-hydrogen) atoms. The fraction of sp³-hybridized carbons (Fsp3) is 0.357. The summed E-state index contributed by atoms with van der Waals surface area (Å²) in [4.78, 5) is 0. The normalized spacial score (nSPS) is 16.5. The molecule has 4 heteroatoms. The highest BCUT2D eigenvalue weighted by atomic mass is 15.3. The summed E-state index contributed by atoms with van der Waals surface area (Å²) in [5, 5.41) is 7.75. The molecule has 3 rings (SSSR count). The van der Waals surface area contributed by atoms with E-state index in [9.17, 15) is 0 Å². The number of hydrogen-bond acceptors (Lipinski definition) is 3. The van der Waals surface area contributed by atoms with E-state index in [1.807, 2.05) is 36.1 Å². The van der Waals surface area contributed by atoms with Crippen LogP contribution < -0.4 is 11.1 Å². The second kappa shape index (κ2) is 4.05. The van der Waals surface area contributed by atoms with Gasteiger partial charge in [0.05, 0.1) is 0 Å². The summed E-state index contributed by atoms with van der Waals surface area (Å²) in [6.45, 7) is 0.938. The van der Waals surface area contributed by atoms with Gasteiger partial charge >= 0.3 is 0 Å². The number of nitrogens with zero attached hydrogens (tertiary/aromatic N) is 2. The minimum atomic E-state index is 0.283. The van der Waals surface area contributed by atoms with Gasteiger partial charge in [0.2, 0.25) is 0 Å². The maximum Gasteiger partial charge on any atom is 0.148 e. The number of nitrogens with one attached hydrogen (secondary N) is 1. The first-order valence-corrected chi connectivity index (χ1v) is 6.28. The molecule has 1 heterocycles. The van der Waals surface area contributed by atoms with E-state index in [0.29, 0.717) is 0 Å². The molecule has 1 aliphatic carbocycles. The summed E-state index contributed by atoms with van der Waals surface area (Å²) in [5.41, 5.74) is 8.21. The second-order valence-electron chi connectivity index (χ2n) is 5.13. The Morgan fingerprint density at radius 3 is 2.56 bits per heavy atom. The number of nitrogen functional groups attached to an aromatic ring is 1. The number of benzene rings is 1. The van der Waals surface area contributed by atoms with Crippen molar-refractivity contribution in [3.05, 3.63) is 42.1 Å². The van der Waals surface area contributed by atoms with Crippen molar-refractivity contribution in [3.8, 4) is 0 Å². The maximum atomic E-state index is 5.73. The fourth-order valence-electron chi connectivity index (χ4n) is 2.32. The SMILES string of the molecule is Cn1ccc(NCC2(c3ccc(N)cc3)CC2)n1. The zero-order valence-electron chi connectivity index (χ0n) is 10.6. The Hall–Kier alpha value is -1.97. The monoisotopic (exact) mass is 242 g/mol. The zero-order chi connectivity index (χ0) is 12.6. The van der Waals surface area contributed by atoms with Crippen LogP contribution in [0.4, 0.5) is 11.5 Å². The van der Waals surface area contributed by atoms with Crippen molar-refractivity contribution >= 4 is 11.5 Å². The first kappa shape index (κ1) is 11.1. The van der Waals surface area contributed by atoms with E-state index in [-0.39, 0.29) is 5.41 Å². The molecule has 0 unspecified atom stereocenters. The Balaban J connectivity index is 1.70. The molecule has 0 saturated heterocycles. The van der Waals surface area contributed by atoms with Crippen molar-refractivity contribution in [2.24, 2.45) is 7.05 Å². The standard InChI is InChI=1S/C14H18N4/c1-18-9-6-13(17-18)16-10-14(7-8-14)11-2-4-12(15)5-3-11/h2-6,9H,7-8,10,15H2,1H3,(H,16,17). The van der Waals surface area contributed by atoms with E-state index in [0.717, 1.165) is 18.1 Å². The van der Waals surface area contributed by atoms with E-state index in [1.165, 1.54) is 18.4 Å². The summed E-state index contributed by atoms with van der Waals surface area (Å²) in [6, 6.07) is 10.2. The molecule has 94 valence electrons. The highest BCUT2D eigenvalue weighted by molar-refractivity contribution is 5.45. The third kappa shape index (κ3) is 2.06. The molecule has 4 nitrogen and oxygen atoms in total. The molecule has 0 spiro atoms. The van der Waals surface area contributed by atoms with E-state index in [2.05, 4.69) is 22.5 Å². The number of nitrogens with two attached hydrogens (primary N) is 1. The van der Waals surface area contributed by atoms with Gasteiger partial charge in [0.1, 0.15) is 5.82 Å². The number of rotatable bonds is 4. The lowest BCUT2D eigenvalue weighted by atomic mass is 9.96. The van der Waals surface area contributed by atoms with Crippen LogP contribution in [0.25, 0.3) is 0 Å². The van der Waals surface area contributed by atoms with Gasteiger partial charge in [0, 0.05) is 37.0 Å². The zero-order valence-corrected chi connectivity index (χ0v) is 10.6. The van der Waals surface area contributed by atoms with Gasteiger partial charge in [-0.3, -0.25) is 4.68 Å². The lowest BCUT2D eigenvalue weighted by molar-refractivity contribution is 0.720. The Bertz CT molecular complexity index is 537. The first-order chi connectivity index (χ1) is 8.68. The molecular weight excluding hydrogens is 224 g/mol. The molecule has 0 radical (unpaired) electrons. The van der Waals surface area contributed by atoms with E-state index in [4.69, 9.17) is 5.73 Å². The molecule has 1 aromatic carbocycles. The molecule has 1 aromatic heterocycles. The number of hydrogen-bond donors (Lipinski definition) is 2. The van der Waals surface area contributed by atoms with Crippen molar-refractivity contribution in [1.82, 2.24) is 9.78 Å². The van der Waals surface area contributed by atoms with Gasteiger partial charge in [-0.25, -0.2) is 0 Å². The number of aromatic nitrogens is 2. The van der Waals surface area contributed by atoms with Crippen molar-refractivity contribution in [2.75, 3.05) is 17.6 Å². The van der Waals surface area contributed by atoms with Crippen LogP contribution in [0.3, 0.4) is 0 Å². The summed E-state index contributed by atoms with van der Waals surface area (Å²) in [5.74, 6) is 0.944. The third-order valence-electron chi connectivity index (χ3n) is 3.70. The summed E-state index contributed by atoms with van der Waals surface area (Å²) in [6.07, 6.45) is 4.42. The first-order valence-electron chi connectivity index (χ1n) is 6.28. The molecule has 0 bridgehead atoms. The van der Waals surface area contributed by atoms with Crippen LogP contribution in [0.15, 0.2) is 36.5 Å². The Labute approximate surface area is 107 Å². The van der Waals surface area contributed by atoms with Crippen LogP contribution >= 0.6 is 0 Å². The summed E-state index contributed by atoms with van der Waals surface area (Å²) >= 11 is 0. The quantitative estimate of drug-likeness (QED) is 0.808. The van der Waals surface area contributed by atoms with Crippen molar-refractivity contribution in [2.45, 2.75) is 18.3 Å². The van der Waals surface area contributed by atoms with Gasteiger partial charge in [-0.15, -0.1) is 0 Å². The largest absolute Gasteiger partial charge is 0.399 e. The predicted octanol–water partition coefficient (Wildman–Crippen LogP) is 2.15. The van der Waals surface area contributed by atoms with Gasteiger partial charge in [-0.2, -0.15) is 5.10 Å². The molecule has 3 N–H and O–H groups in total. The fourth-order valence-corrected chi connectivity index (χ4v) is 2.32. The van der Waals surface area contributed by atoms with Gasteiger partial charge in [0.25, 0.3) is 0 Å². The van der Waals surface area contributed by atoms with E-state index in [1.54, 1.807) is 0 Å². The molecule has 0 aliphatic heterocycles. The second-order valence-corrected chi connectivity index (χ2v) is 5.13. The Morgan fingerprint density at radius 1 is 1.28 bits per heavy atom. The van der Waals surface area contributed by atoms with Crippen LogP contribution in [0.1, 0.15) is 18.4 Å².